The molecule has 9 heteroatoms. The zero-order valence-corrected chi connectivity index (χ0v) is 18.3. The van der Waals surface area contributed by atoms with Gasteiger partial charge in [-0.25, -0.2) is 4.98 Å². The average molecular weight is 457 g/mol. The first kappa shape index (κ1) is 20.9. The second-order valence-corrected chi connectivity index (χ2v) is 8.99. The Morgan fingerprint density at radius 2 is 1.81 bits per heavy atom. The van der Waals surface area contributed by atoms with E-state index in [-0.39, 0.29) is 18.1 Å². The quantitative estimate of drug-likeness (QED) is 0.454. The minimum atomic E-state index is -0.734. The van der Waals surface area contributed by atoms with Crippen molar-refractivity contribution >= 4 is 34.4 Å². The number of nitrogen functional groups attached to an aromatic ring is 1. The van der Waals surface area contributed by atoms with E-state index in [9.17, 15) is 4.79 Å². The highest BCUT2D eigenvalue weighted by Crippen LogP contribution is 2.35. The van der Waals surface area contributed by atoms with Gasteiger partial charge in [-0.3, -0.25) is 4.79 Å². The summed E-state index contributed by atoms with van der Waals surface area (Å²) in [6, 6.07) is 7.71. The van der Waals surface area contributed by atoms with Crippen LogP contribution in [0.1, 0.15) is 44.9 Å². The molecule has 3 aromatic rings. The van der Waals surface area contributed by atoms with Crippen LogP contribution in [0.2, 0.25) is 5.02 Å². The summed E-state index contributed by atoms with van der Waals surface area (Å²) in [7, 11) is 0. The van der Waals surface area contributed by atoms with Gasteiger partial charge in [-0.2, -0.15) is 4.98 Å². The van der Waals surface area contributed by atoms with Crippen LogP contribution in [0.5, 0.6) is 11.8 Å². The highest BCUT2D eigenvalue weighted by molar-refractivity contribution is 6.33. The van der Waals surface area contributed by atoms with Crippen LogP contribution >= 0.6 is 11.6 Å². The van der Waals surface area contributed by atoms with Crippen molar-refractivity contribution in [1.29, 1.82) is 0 Å². The van der Waals surface area contributed by atoms with Crippen molar-refractivity contribution in [2.24, 2.45) is 5.92 Å². The van der Waals surface area contributed by atoms with Crippen molar-refractivity contribution in [2.45, 2.75) is 57.2 Å². The van der Waals surface area contributed by atoms with Gasteiger partial charge in [0, 0.05) is 5.56 Å². The number of aromatic nitrogens is 3. The van der Waals surface area contributed by atoms with Gasteiger partial charge in [-0.05, 0) is 69.2 Å². The Morgan fingerprint density at radius 3 is 2.47 bits per heavy atom. The third kappa shape index (κ3) is 4.19. The summed E-state index contributed by atoms with van der Waals surface area (Å²) < 4.78 is 11.9. The van der Waals surface area contributed by atoms with Crippen molar-refractivity contribution in [1.82, 2.24) is 15.0 Å². The number of rotatable bonds is 6. The fourth-order valence-corrected chi connectivity index (χ4v) is 4.47. The maximum atomic E-state index is 11.1. The number of nitrogens with zero attached hydrogens (tertiary/aromatic N) is 2. The fraction of sp³-hybridized carbons (Fsp3) is 0.435. The molecule has 5 rings (SSSR count). The van der Waals surface area contributed by atoms with Crippen LogP contribution in [0.15, 0.2) is 24.3 Å². The van der Waals surface area contributed by atoms with E-state index in [4.69, 9.17) is 31.9 Å². The number of hydrogen-bond acceptors (Lipinski definition) is 6. The van der Waals surface area contributed by atoms with Crippen LogP contribution in [-0.2, 0) is 4.79 Å². The fourth-order valence-electron chi connectivity index (χ4n) is 4.21. The number of benzene rings is 1. The minimum absolute atomic E-state index is 0.0656. The van der Waals surface area contributed by atoms with Gasteiger partial charge in [-0.1, -0.05) is 11.6 Å². The zero-order valence-electron chi connectivity index (χ0n) is 17.5. The lowest BCUT2D eigenvalue weighted by Gasteiger charge is -2.27. The van der Waals surface area contributed by atoms with Crippen molar-refractivity contribution in [3.8, 4) is 23.0 Å². The van der Waals surface area contributed by atoms with E-state index in [1.54, 1.807) is 6.07 Å². The van der Waals surface area contributed by atoms with Gasteiger partial charge in [0.15, 0.2) is 5.65 Å². The molecule has 0 spiro atoms. The largest absolute Gasteiger partial charge is 0.488 e. The van der Waals surface area contributed by atoms with Crippen LogP contribution in [0, 0.1) is 5.92 Å². The van der Waals surface area contributed by atoms with Crippen molar-refractivity contribution in [3.05, 3.63) is 29.3 Å². The number of hydrogen-bond donors (Lipinski definition) is 3. The van der Waals surface area contributed by atoms with E-state index in [1.165, 1.54) is 6.42 Å². The zero-order chi connectivity index (χ0) is 22.2. The maximum absolute atomic E-state index is 11.1. The molecule has 2 aromatic heterocycles. The van der Waals surface area contributed by atoms with Crippen molar-refractivity contribution < 1.29 is 19.4 Å². The number of nitrogens with one attached hydrogen (secondary N) is 1. The first-order valence-electron chi connectivity index (χ1n) is 11.0. The maximum Gasteiger partial charge on any atom is 0.306 e. The Balaban J connectivity index is 1.33. The number of aromatic amines is 1. The Hall–Kier alpha value is -3.00. The lowest BCUT2D eigenvalue weighted by molar-refractivity contribution is -0.143. The summed E-state index contributed by atoms with van der Waals surface area (Å²) in [5.74, 6) is -0.336. The second-order valence-electron chi connectivity index (χ2n) is 8.59. The third-order valence-corrected chi connectivity index (χ3v) is 6.62. The third-order valence-electron chi connectivity index (χ3n) is 6.34. The molecule has 2 heterocycles. The first-order chi connectivity index (χ1) is 15.5. The number of anilines is 1. The number of carboxylic acids is 1. The van der Waals surface area contributed by atoms with Crippen LogP contribution in [0.3, 0.4) is 0 Å². The topological polar surface area (TPSA) is 123 Å². The Labute approximate surface area is 190 Å². The van der Waals surface area contributed by atoms with Gasteiger partial charge in [0.05, 0.1) is 33.9 Å². The molecule has 2 aliphatic carbocycles. The number of carboxylic acid groups (broad SMARTS) is 1. The molecule has 8 nitrogen and oxygen atoms in total. The van der Waals surface area contributed by atoms with Crippen LogP contribution in [-0.4, -0.2) is 38.2 Å². The predicted molar refractivity (Wildman–Crippen MR) is 121 cm³/mol. The summed E-state index contributed by atoms with van der Waals surface area (Å²) in [6.07, 6.45) is 6.09. The predicted octanol–water partition coefficient (Wildman–Crippen LogP) is 4.81. The van der Waals surface area contributed by atoms with Crippen LogP contribution < -0.4 is 15.2 Å². The molecular formula is C23H25ClN4O4. The molecule has 2 aliphatic rings. The highest BCUT2D eigenvalue weighted by Gasteiger charge is 2.27. The van der Waals surface area contributed by atoms with Gasteiger partial charge < -0.3 is 25.3 Å². The molecule has 0 amide bonds. The molecule has 0 radical (unpaired) electrons. The van der Waals surface area contributed by atoms with Gasteiger partial charge in [0.1, 0.15) is 11.9 Å². The smallest absolute Gasteiger partial charge is 0.306 e. The average Bonchev–Trinajstić information content (AvgIpc) is 3.12. The number of pyridine rings is 1. The Kier molecular flexibility index (Phi) is 5.55. The number of ether oxygens (including phenoxy) is 2. The summed E-state index contributed by atoms with van der Waals surface area (Å²) in [5, 5.41) is 9.62. The second kappa shape index (κ2) is 8.50. The molecule has 2 fully saturated rings. The van der Waals surface area contributed by atoms with Crippen LogP contribution in [0.4, 0.5) is 5.69 Å². The first-order valence-corrected chi connectivity index (χ1v) is 11.4. The normalized spacial score (nSPS) is 21.3. The monoisotopic (exact) mass is 456 g/mol. The van der Waals surface area contributed by atoms with E-state index in [2.05, 4.69) is 15.0 Å². The number of nitrogens with two attached hydrogens (primary N) is 1. The molecule has 0 atom stereocenters. The van der Waals surface area contributed by atoms with E-state index < -0.39 is 5.97 Å². The van der Waals surface area contributed by atoms with Gasteiger partial charge >= 0.3 is 5.97 Å². The molecule has 168 valence electrons. The SMILES string of the molecule is Nc1cc(-c2nc3nc(OC4CCC(C(=O)O)CC4)[nH]c3cc2Cl)ccc1OC1CCC1. The highest BCUT2D eigenvalue weighted by atomic mass is 35.5. The number of aliphatic carboxylic acids is 1. The molecule has 32 heavy (non-hydrogen) atoms. The van der Waals surface area contributed by atoms with Gasteiger partial charge in [-0.15, -0.1) is 0 Å². The number of imidazole rings is 1. The Bertz CT molecular complexity index is 1150. The number of H-pyrrole nitrogens is 1. The van der Waals surface area contributed by atoms with Gasteiger partial charge in [0.25, 0.3) is 6.01 Å². The number of halogens is 1. The molecular weight excluding hydrogens is 432 g/mol. The molecule has 1 aromatic carbocycles. The lowest BCUT2D eigenvalue weighted by Crippen LogP contribution is -2.28. The minimum Gasteiger partial charge on any atom is -0.488 e. The number of fused-ring (bicyclic) bond motifs is 1. The standard InChI is InChI=1S/C23H25ClN4O4/c24-16-11-18-21(28-23(26-18)32-15-7-4-12(5-8-15)22(29)30)27-20(16)13-6-9-19(17(25)10-13)31-14-2-1-3-14/h6,9-12,14-15H,1-5,7-8,25H2,(H,29,30)(H,26,27,28). The molecule has 4 N–H and O–H groups in total. The summed E-state index contributed by atoms with van der Waals surface area (Å²) in [5.41, 5.74) is 9.30. The summed E-state index contributed by atoms with van der Waals surface area (Å²) in [6.45, 7) is 0. The molecule has 0 aliphatic heterocycles. The van der Waals surface area contributed by atoms with Crippen molar-refractivity contribution in [3.63, 3.8) is 0 Å². The lowest BCUT2D eigenvalue weighted by atomic mass is 9.87. The molecule has 0 bridgehead atoms. The van der Waals surface area contributed by atoms with E-state index in [1.807, 2.05) is 18.2 Å². The molecule has 0 unspecified atom stereocenters. The summed E-state index contributed by atoms with van der Waals surface area (Å²) in [4.78, 5) is 23.3. The van der Waals surface area contributed by atoms with E-state index in [0.29, 0.717) is 65.0 Å². The van der Waals surface area contributed by atoms with Crippen molar-refractivity contribution in [2.75, 3.05) is 5.73 Å². The van der Waals surface area contributed by atoms with E-state index in [0.717, 1.165) is 18.4 Å². The number of carbonyl (C=O) groups is 1. The van der Waals surface area contributed by atoms with E-state index >= 15 is 0 Å². The van der Waals surface area contributed by atoms with Gasteiger partial charge in [0.2, 0.25) is 0 Å². The summed E-state index contributed by atoms with van der Waals surface area (Å²) >= 11 is 6.51. The molecule has 0 saturated heterocycles. The molecule has 2 saturated carbocycles. The van der Waals surface area contributed by atoms with Crippen LogP contribution in [0.25, 0.3) is 22.4 Å². The Morgan fingerprint density at radius 1 is 1.06 bits per heavy atom.